The van der Waals surface area contributed by atoms with Crippen LogP contribution in [-0.2, 0) is 25.7 Å². The Bertz CT molecular complexity index is 1220. The van der Waals surface area contributed by atoms with Crippen molar-refractivity contribution >= 4 is 23.1 Å². The topological polar surface area (TPSA) is 64.8 Å². The number of nitrogens with zero attached hydrogens (tertiary/aromatic N) is 4. The number of nitriles is 1. The molecule has 0 amide bonds. The minimum absolute atomic E-state index is 0.574. The number of rotatable bonds is 7. The summed E-state index contributed by atoms with van der Waals surface area (Å²) in [6.45, 7) is 7.37. The maximum Gasteiger partial charge on any atom is 0.229 e. The van der Waals surface area contributed by atoms with E-state index in [2.05, 4.69) is 55.1 Å². The summed E-state index contributed by atoms with van der Waals surface area (Å²) < 4.78 is 0. The molecule has 1 N–H and O–H groups in total. The van der Waals surface area contributed by atoms with Gasteiger partial charge in [0.05, 0.1) is 11.6 Å². The number of terminal acetylenes is 1. The molecule has 0 saturated carbocycles. The van der Waals surface area contributed by atoms with Gasteiger partial charge in [0.2, 0.25) is 5.95 Å². The zero-order valence-electron chi connectivity index (χ0n) is 19.6. The van der Waals surface area contributed by atoms with E-state index in [1.165, 1.54) is 27.9 Å². The Balaban J connectivity index is 1.73. The minimum atomic E-state index is 0.574. The SMILES string of the molecule is C#CCCc1cc(CC)c(N2CCc3c(C)nc(Nc4ccc(C#N)cc4)nc32)c(CC)c1. The Morgan fingerprint density at radius 3 is 2.39 bits per heavy atom. The summed E-state index contributed by atoms with van der Waals surface area (Å²) in [6.07, 6.45) is 10.0. The molecule has 0 saturated heterocycles. The van der Waals surface area contributed by atoms with Crippen LogP contribution in [0.1, 0.15) is 53.8 Å². The van der Waals surface area contributed by atoms with Gasteiger partial charge in [-0.2, -0.15) is 10.2 Å². The molecule has 0 fully saturated rings. The zero-order valence-corrected chi connectivity index (χ0v) is 19.6. The first kappa shape index (κ1) is 22.4. The number of nitrogens with one attached hydrogen (secondary N) is 1. The summed E-state index contributed by atoms with van der Waals surface area (Å²) in [5, 5.41) is 12.3. The van der Waals surface area contributed by atoms with Gasteiger partial charge in [-0.15, -0.1) is 12.3 Å². The second-order valence-corrected chi connectivity index (χ2v) is 8.32. The Morgan fingerprint density at radius 1 is 1.09 bits per heavy atom. The van der Waals surface area contributed by atoms with Crippen LogP contribution in [0.25, 0.3) is 0 Å². The highest BCUT2D eigenvalue weighted by atomic mass is 15.3. The predicted octanol–water partition coefficient (Wildman–Crippen LogP) is 5.79. The van der Waals surface area contributed by atoms with E-state index in [0.717, 1.165) is 55.8 Å². The van der Waals surface area contributed by atoms with Crippen LogP contribution in [0.3, 0.4) is 0 Å². The Labute approximate surface area is 196 Å². The lowest BCUT2D eigenvalue weighted by Crippen LogP contribution is -2.19. The molecule has 4 rings (SSSR count). The monoisotopic (exact) mass is 435 g/mol. The van der Waals surface area contributed by atoms with Crippen LogP contribution >= 0.6 is 0 Å². The highest BCUT2D eigenvalue weighted by Gasteiger charge is 2.28. The van der Waals surface area contributed by atoms with E-state index in [1.807, 2.05) is 12.1 Å². The fraction of sp³-hybridized carbons (Fsp3) is 0.321. The normalized spacial score (nSPS) is 12.2. The largest absolute Gasteiger partial charge is 0.325 e. The van der Waals surface area contributed by atoms with Crippen LogP contribution in [0.15, 0.2) is 36.4 Å². The van der Waals surface area contributed by atoms with E-state index >= 15 is 0 Å². The van der Waals surface area contributed by atoms with Gasteiger partial charge in [-0.05, 0) is 73.6 Å². The first-order valence-corrected chi connectivity index (χ1v) is 11.6. The summed E-state index contributed by atoms with van der Waals surface area (Å²) in [7, 11) is 0. The quantitative estimate of drug-likeness (QED) is 0.476. The van der Waals surface area contributed by atoms with Crippen molar-refractivity contribution < 1.29 is 0 Å². The molecule has 3 aromatic rings. The summed E-state index contributed by atoms with van der Waals surface area (Å²) in [5.41, 5.74) is 8.97. The molecule has 166 valence electrons. The van der Waals surface area contributed by atoms with Gasteiger partial charge < -0.3 is 10.2 Å². The third kappa shape index (κ3) is 4.54. The molecule has 5 nitrogen and oxygen atoms in total. The van der Waals surface area contributed by atoms with Crippen LogP contribution in [-0.4, -0.2) is 16.5 Å². The Morgan fingerprint density at radius 2 is 1.79 bits per heavy atom. The molecular weight excluding hydrogens is 406 g/mol. The number of anilines is 4. The maximum atomic E-state index is 9.03. The average molecular weight is 436 g/mol. The van der Waals surface area contributed by atoms with E-state index in [-0.39, 0.29) is 0 Å². The van der Waals surface area contributed by atoms with Gasteiger partial charge in [0.15, 0.2) is 0 Å². The molecule has 2 heterocycles. The second kappa shape index (κ2) is 9.76. The van der Waals surface area contributed by atoms with Crippen LogP contribution in [0.5, 0.6) is 0 Å². The Hall–Kier alpha value is -3.83. The van der Waals surface area contributed by atoms with Gasteiger partial charge in [-0.25, -0.2) is 4.98 Å². The lowest BCUT2D eigenvalue weighted by atomic mass is 9.96. The maximum absolute atomic E-state index is 9.03. The highest BCUT2D eigenvalue weighted by molar-refractivity contribution is 5.74. The molecule has 33 heavy (non-hydrogen) atoms. The third-order valence-corrected chi connectivity index (χ3v) is 6.22. The van der Waals surface area contributed by atoms with Gasteiger partial charge in [-0.3, -0.25) is 0 Å². The fourth-order valence-corrected chi connectivity index (χ4v) is 4.54. The molecule has 0 radical (unpaired) electrons. The first-order valence-electron chi connectivity index (χ1n) is 11.6. The predicted molar refractivity (Wildman–Crippen MR) is 134 cm³/mol. The number of hydrogen-bond donors (Lipinski definition) is 1. The van der Waals surface area contributed by atoms with E-state index in [1.54, 1.807) is 12.1 Å². The molecule has 0 spiro atoms. The number of fused-ring (bicyclic) bond motifs is 1. The summed E-state index contributed by atoms with van der Waals surface area (Å²) in [6, 6.07) is 14.1. The van der Waals surface area contributed by atoms with E-state index < -0.39 is 0 Å². The molecule has 5 heteroatoms. The lowest BCUT2D eigenvalue weighted by molar-refractivity contribution is 0.938. The molecule has 1 aliphatic rings. The third-order valence-electron chi connectivity index (χ3n) is 6.22. The number of benzene rings is 2. The smallest absolute Gasteiger partial charge is 0.229 e. The second-order valence-electron chi connectivity index (χ2n) is 8.32. The average Bonchev–Trinajstić information content (AvgIpc) is 3.26. The molecule has 1 aliphatic heterocycles. The molecule has 0 aliphatic carbocycles. The van der Waals surface area contributed by atoms with Crippen molar-refractivity contribution in [2.24, 2.45) is 0 Å². The van der Waals surface area contributed by atoms with Gasteiger partial charge in [0.1, 0.15) is 5.82 Å². The van der Waals surface area contributed by atoms with E-state index in [0.29, 0.717) is 11.5 Å². The minimum Gasteiger partial charge on any atom is -0.325 e. The number of hydrogen-bond acceptors (Lipinski definition) is 5. The first-order chi connectivity index (χ1) is 16.1. The fourth-order valence-electron chi connectivity index (χ4n) is 4.54. The standard InChI is InChI=1S/C28H29N5/c1-5-8-9-21-16-22(6-2)26(23(7-3)17-21)33-15-14-25-19(4)30-28(32-27(25)33)31-24-12-10-20(18-29)11-13-24/h1,10-13,16-17H,6-9,14-15H2,2-4H3,(H,30,31,32). The van der Waals surface area contributed by atoms with Crippen molar-refractivity contribution in [3.05, 3.63) is 69.9 Å². The molecule has 0 bridgehead atoms. The van der Waals surface area contributed by atoms with E-state index in [9.17, 15) is 0 Å². The number of aromatic nitrogens is 2. The van der Waals surface area contributed by atoms with Gasteiger partial charge in [-0.1, -0.05) is 26.0 Å². The van der Waals surface area contributed by atoms with E-state index in [4.69, 9.17) is 21.7 Å². The highest BCUT2D eigenvalue weighted by Crippen LogP contribution is 2.40. The van der Waals surface area contributed by atoms with Crippen molar-refractivity contribution in [2.45, 2.75) is 52.9 Å². The van der Waals surface area contributed by atoms with Gasteiger partial charge >= 0.3 is 0 Å². The van der Waals surface area contributed by atoms with Crippen LogP contribution in [0.4, 0.5) is 23.1 Å². The van der Waals surface area contributed by atoms with Crippen molar-refractivity contribution in [3.63, 3.8) is 0 Å². The summed E-state index contributed by atoms with van der Waals surface area (Å²) in [5.74, 6) is 4.32. The number of aryl methyl sites for hydroxylation is 4. The van der Waals surface area contributed by atoms with Gasteiger partial charge in [0, 0.05) is 35.6 Å². The van der Waals surface area contributed by atoms with Crippen molar-refractivity contribution in [1.29, 1.82) is 5.26 Å². The molecule has 0 atom stereocenters. The van der Waals surface area contributed by atoms with Crippen molar-refractivity contribution in [1.82, 2.24) is 9.97 Å². The van der Waals surface area contributed by atoms with Gasteiger partial charge in [0.25, 0.3) is 0 Å². The molecule has 0 unspecified atom stereocenters. The lowest BCUT2D eigenvalue weighted by Gasteiger charge is -2.26. The van der Waals surface area contributed by atoms with Crippen molar-refractivity contribution in [3.8, 4) is 18.4 Å². The molecule has 1 aromatic heterocycles. The van der Waals surface area contributed by atoms with Crippen LogP contribution in [0, 0.1) is 30.6 Å². The summed E-state index contributed by atoms with van der Waals surface area (Å²) >= 11 is 0. The summed E-state index contributed by atoms with van der Waals surface area (Å²) in [4.78, 5) is 12.0. The Kier molecular flexibility index (Phi) is 6.61. The molecule has 2 aromatic carbocycles. The van der Waals surface area contributed by atoms with Crippen LogP contribution < -0.4 is 10.2 Å². The van der Waals surface area contributed by atoms with Crippen molar-refractivity contribution in [2.75, 3.05) is 16.8 Å². The molecular formula is C28H29N5. The van der Waals surface area contributed by atoms with Crippen LogP contribution in [0.2, 0.25) is 0 Å². The zero-order chi connectivity index (χ0) is 23.4.